The average Bonchev–Trinajstić information content (AvgIpc) is 3.37. The summed E-state index contributed by atoms with van der Waals surface area (Å²) in [4.78, 5) is 15.5. The molecule has 0 bridgehead atoms. The van der Waals surface area contributed by atoms with Gasteiger partial charge in [-0.3, -0.25) is 4.79 Å². The lowest BCUT2D eigenvalue weighted by molar-refractivity contribution is -0.140. The number of carbonyl (C=O) groups excluding carboxylic acids is 1. The van der Waals surface area contributed by atoms with Crippen LogP contribution in [-0.2, 0) is 23.4 Å². The van der Waals surface area contributed by atoms with Crippen LogP contribution in [0.3, 0.4) is 0 Å². The highest BCUT2D eigenvalue weighted by molar-refractivity contribution is 5.89. The molecule has 1 aromatic carbocycles. The molecule has 2 aromatic rings. The number of nitrogens with zero attached hydrogens (tertiary/aromatic N) is 4. The highest BCUT2D eigenvalue weighted by Crippen LogP contribution is 2.45. The van der Waals surface area contributed by atoms with Crippen molar-refractivity contribution in [2.24, 2.45) is 7.05 Å². The van der Waals surface area contributed by atoms with Gasteiger partial charge in [0.15, 0.2) is 0 Å². The zero-order valence-corrected chi connectivity index (χ0v) is 16.5. The van der Waals surface area contributed by atoms with Gasteiger partial charge in [0.25, 0.3) is 0 Å². The molecule has 1 aliphatic heterocycles. The minimum Gasteiger partial charge on any atom is -0.341 e. The molecule has 156 valence electrons. The van der Waals surface area contributed by atoms with Crippen molar-refractivity contribution < 1.29 is 18.0 Å². The Hall–Kier alpha value is -2.38. The smallest absolute Gasteiger partial charge is 0.341 e. The fourth-order valence-electron chi connectivity index (χ4n) is 4.93. The molecule has 1 atom stereocenters. The van der Waals surface area contributed by atoms with E-state index in [2.05, 4.69) is 10.2 Å². The van der Waals surface area contributed by atoms with E-state index in [0.717, 1.165) is 37.6 Å². The van der Waals surface area contributed by atoms with E-state index in [4.69, 9.17) is 0 Å². The van der Waals surface area contributed by atoms with Gasteiger partial charge < -0.3 is 9.47 Å². The van der Waals surface area contributed by atoms with E-state index < -0.39 is 17.2 Å². The van der Waals surface area contributed by atoms with Crippen LogP contribution in [0, 0.1) is 0 Å². The van der Waals surface area contributed by atoms with Crippen molar-refractivity contribution in [3.8, 4) is 0 Å². The van der Waals surface area contributed by atoms with Gasteiger partial charge in [-0.2, -0.15) is 13.2 Å². The molecule has 1 amide bonds. The highest BCUT2D eigenvalue weighted by Gasteiger charge is 2.46. The molecule has 1 unspecified atom stereocenters. The summed E-state index contributed by atoms with van der Waals surface area (Å²) in [7, 11) is 1.89. The first kappa shape index (κ1) is 19.9. The molecule has 0 radical (unpaired) electrons. The van der Waals surface area contributed by atoms with Crippen molar-refractivity contribution in [1.82, 2.24) is 19.7 Å². The Morgan fingerprint density at radius 1 is 1.21 bits per heavy atom. The third-order valence-electron chi connectivity index (χ3n) is 6.43. The molecule has 0 spiro atoms. The molecule has 2 aliphatic rings. The second-order valence-corrected chi connectivity index (χ2v) is 8.26. The first-order valence-corrected chi connectivity index (χ1v) is 10.1. The van der Waals surface area contributed by atoms with Crippen LogP contribution in [0.15, 0.2) is 30.6 Å². The Kier molecular flexibility index (Phi) is 5.12. The number of hydrogen-bond donors (Lipinski definition) is 0. The summed E-state index contributed by atoms with van der Waals surface area (Å²) in [5.41, 5.74) is -1.05. The molecule has 29 heavy (non-hydrogen) atoms. The molecule has 5 nitrogen and oxygen atoms in total. The van der Waals surface area contributed by atoms with Crippen LogP contribution in [0.25, 0.3) is 0 Å². The molecule has 1 saturated heterocycles. The Bertz CT molecular complexity index is 886. The van der Waals surface area contributed by atoms with Gasteiger partial charge in [-0.1, -0.05) is 31.0 Å². The molecule has 1 saturated carbocycles. The van der Waals surface area contributed by atoms with Gasteiger partial charge in [0.2, 0.25) is 5.91 Å². The van der Waals surface area contributed by atoms with Crippen molar-refractivity contribution in [1.29, 1.82) is 0 Å². The standard InChI is InChI=1S/C21H25F3N4O/c1-27-14-25-26-18(27)15-6-5-11-28(13-15)19(29)20(9-2-3-10-20)16-7-4-8-17(12-16)21(22,23)24/h4,7-8,12,14-15H,2-3,5-6,9-11,13H2,1H3. The van der Waals surface area contributed by atoms with E-state index in [1.165, 1.54) is 12.1 Å². The normalized spacial score (nSPS) is 22.1. The van der Waals surface area contributed by atoms with Gasteiger partial charge in [-0.05, 0) is 37.3 Å². The Morgan fingerprint density at radius 3 is 2.62 bits per heavy atom. The van der Waals surface area contributed by atoms with Gasteiger partial charge in [-0.15, -0.1) is 10.2 Å². The Balaban J connectivity index is 1.63. The molecule has 1 aliphatic carbocycles. The van der Waals surface area contributed by atoms with E-state index >= 15 is 0 Å². The first-order valence-electron chi connectivity index (χ1n) is 10.1. The number of benzene rings is 1. The monoisotopic (exact) mass is 406 g/mol. The van der Waals surface area contributed by atoms with Crippen LogP contribution in [0.4, 0.5) is 13.2 Å². The SMILES string of the molecule is Cn1cnnc1C1CCCN(C(=O)C2(c3cccc(C(F)(F)F)c3)CCCC2)C1. The quantitative estimate of drug-likeness (QED) is 0.773. The lowest BCUT2D eigenvalue weighted by atomic mass is 9.76. The molecule has 1 aromatic heterocycles. The van der Waals surface area contributed by atoms with Crippen molar-refractivity contribution in [2.75, 3.05) is 13.1 Å². The maximum Gasteiger partial charge on any atom is 0.416 e. The summed E-state index contributed by atoms with van der Waals surface area (Å²) < 4.78 is 41.7. The fraction of sp³-hybridized carbons (Fsp3) is 0.571. The van der Waals surface area contributed by atoms with Crippen LogP contribution in [-0.4, -0.2) is 38.7 Å². The molecule has 4 rings (SSSR count). The third-order valence-corrected chi connectivity index (χ3v) is 6.43. The fourth-order valence-corrected chi connectivity index (χ4v) is 4.93. The molecule has 0 N–H and O–H groups in total. The summed E-state index contributed by atoms with van der Waals surface area (Å²) in [6, 6.07) is 5.35. The Labute approximate surface area is 167 Å². The predicted molar refractivity (Wildman–Crippen MR) is 101 cm³/mol. The maximum atomic E-state index is 13.7. The minimum atomic E-state index is -4.42. The number of aryl methyl sites for hydroxylation is 1. The van der Waals surface area contributed by atoms with Gasteiger partial charge in [0, 0.05) is 26.1 Å². The molecule has 2 heterocycles. The van der Waals surface area contributed by atoms with Crippen LogP contribution < -0.4 is 0 Å². The zero-order valence-electron chi connectivity index (χ0n) is 16.5. The number of carbonyl (C=O) groups is 1. The summed E-state index contributed by atoms with van der Waals surface area (Å²) in [6.45, 7) is 1.17. The van der Waals surface area contributed by atoms with Crippen molar-refractivity contribution in [3.63, 3.8) is 0 Å². The number of alkyl halides is 3. The van der Waals surface area contributed by atoms with E-state index in [0.29, 0.717) is 31.5 Å². The van der Waals surface area contributed by atoms with Crippen LogP contribution in [0.2, 0.25) is 0 Å². The Morgan fingerprint density at radius 2 is 1.97 bits per heavy atom. The van der Waals surface area contributed by atoms with Gasteiger partial charge >= 0.3 is 6.18 Å². The van der Waals surface area contributed by atoms with E-state index in [1.807, 2.05) is 16.5 Å². The highest BCUT2D eigenvalue weighted by atomic mass is 19.4. The molecule has 2 fully saturated rings. The average molecular weight is 406 g/mol. The molecule has 8 heteroatoms. The number of hydrogen-bond acceptors (Lipinski definition) is 3. The van der Waals surface area contributed by atoms with Gasteiger partial charge in [0.1, 0.15) is 12.2 Å². The molecular weight excluding hydrogens is 381 g/mol. The number of likely N-dealkylation sites (tertiary alicyclic amines) is 1. The third kappa shape index (κ3) is 3.65. The minimum absolute atomic E-state index is 0.0406. The van der Waals surface area contributed by atoms with Crippen molar-refractivity contribution in [3.05, 3.63) is 47.5 Å². The second-order valence-electron chi connectivity index (χ2n) is 8.26. The van der Waals surface area contributed by atoms with Crippen molar-refractivity contribution in [2.45, 2.75) is 56.0 Å². The van der Waals surface area contributed by atoms with E-state index in [1.54, 1.807) is 12.4 Å². The predicted octanol–water partition coefficient (Wildman–Crippen LogP) is 4.05. The topological polar surface area (TPSA) is 51.0 Å². The largest absolute Gasteiger partial charge is 0.416 e. The van der Waals surface area contributed by atoms with Gasteiger partial charge in [0.05, 0.1) is 11.0 Å². The van der Waals surface area contributed by atoms with Crippen LogP contribution >= 0.6 is 0 Å². The lowest BCUT2D eigenvalue weighted by Gasteiger charge is -2.39. The summed E-state index contributed by atoms with van der Waals surface area (Å²) >= 11 is 0. The lowest BCUT2D eigenvalue weighted by Crippen LogP contribution is -2.49. The number of piperidine rings is 1. The van der Waals surface area contributed by atoms with Crippen LogP contribution in [0.5, 0.6) is 0 Å². The first-order chi connectivity index (χ1) is 13.8. The van der Waals surface area contributed by atoms with E-state index in [-0.39, 0.29) is 11.8 Å². The zero-order chi connectivity index (χ0) is 20.6. The number of rotatable bonds is 3. The van der Waals surface area contributed by atoms with Gasteiger partial charge in [-0.25, -0.2) is 0 Å². The number of halogens is 3. The number of aromatic nitrogens is 3. The maximum absolute atomic E-state index is 13.7. The second kappa shape index (κ2) is 7.46. The summed E-state index contributed by atoms with van der Waals surface area (Å²) in [5.74, 6) is 0.906. The van der Waals surface area contributed by atoms with Crippen LogP contribution in [0.1, 0.15) is 61.4 Å². The molecular formula is C21H25F3N4O. The summed E-state index contributed by atoms with van der Waals surface area (Å²) in [6.07, 6.45) is 1.90. The number of amides is 1. The summed E-state index contributed by atoms with van der Waals surface area (Å²) in [5, 5.41) is 8.14. The van der Waals surface area contributed by atoms with E-state index in [9.17, 15) is 18.0 Å². The van der Waals surface area contributed by atoms with Crippen molar-refractivity contribution >= 4 is 5.91 Å².